The highest BCUT2D eigenvalue weighted by atomic mass is 16.3. The molecule has 0 saturated heterocycles. The number of rotatable bonds is 4. The van der Waals surface area contributed by atoms with Crippen LogP contribution in [0.25, 0.3) is 22.2 Å². The van der Waals surface area contributed by atoms with Crippen LogP contribution in [0.5, 0.6) is 0 Å². The van der Waals surface area contributed by atoms with Gasteiger partial charge in [-0.05, 0) is 36.6 Å². The molecule has 1 atom stereocenters. The fourth-order valence-corrected chi connectivity index (χ4v) is 3.64. The van der Waals surface area contributed by atoms with Crippen LogP contribution in [0, 0.1) is 11.3 Å². The van der Waals surface area contributed by atoms with Gasteiger partial charge in [0.15, 0.2) is 5.82 Å². The minimum absolute atomic E-state index is 0.0538. The van der Waals surface area contributed by atoms with E-state index in [1.54, 1.807) is 0 Å². The van der Waals surface area contributed by atoms with Crippen LogP contribution in [0.4, 0.5) is 0 Å². The Morgan fingerprint density at radius 3 is 2.61 bits per heavy atom. The molecule has 1 aliphatic rings. The number of H-pyrrole nitrogens is 1. The van der Waals surface area contributed by atoms with E-state index >= 15 is 0 Å². The number of aromatic nitrogens is 2. The second kappa shape index (κ2) is 7.71. The molecule has 0 unspecified atom stereocenters. The Morgan fingerprint density at radius 2 is 1.93 bits per heavy atom. The zero-order valence-corrected chi connectivity index (χ0v) is 15.8. The van der Waals surface area contributed by atoms with E-state index in [9.17, 15) is 10.4 Å². The fraction of sp³-hybridized carbons (Fsp3) is 0.217. The number of imidazole rings is 1. The Balaban J connectivity index is 1.57. The average Bonchev–Trinajstić information content (AvgIpc) is 3.18. The normalized spacial score (nSPS) is 16.9. The number of aliphatic hydroxyl groups excluding tert-OH is 1. The lowest BCUT2D eigenvalue weighted by atomic mass is 9.98. The van der Waals surface area contributed by atoms with Gasteiger partial charge in [0.25, 0.3) is 0 Å². The second-order valence-corrected chi connectivity index (χ2v) is 6.99. The lowest BCUT2D eigenvalue weighted by Gasteiger charge is -2.31. The van der Waals surface area contributed by atoms with Crippen LogP contribution in [0.3, 0.4) is 0 Å². The van der Waals surface area contributed by atoms with Gasteiger partial charge in [0.2, 0.25) is 0 Å². The van der Waals surface area contributed by atoms with Crippen molar-refractivity contribution in [2.75, 3.05) is 13.1 Å². The number of nitriles is 1. The average molecular weight is 370 g/mol. The van der Waals surface area contributed by atoms with Gasteiger partial charge in [0.05, 0.1) is 17.1 Å². The minimum Gasteiger partial charge on any atom is -0.509 e. The first-order valence-electron chi connectivity index (χ1n) is 9.44. The Kier molecular flexibility index (Phi) is 4.96. The number of aliphatic hydroxyl groups is 1. The van der Waals surface area contributed by atoms with Gasteiger partial charge in [0, 0.05) is 13.1 Å². The smallest absolute Gasteiger partial charge is 0.152 e. The molecular weight excluding hydrogens is 348 g/mol. The van der Waals surface area contributed by atoms with Crippen LogP contribution in [0.1, 0.15) is 24.7 Å². The maximum atomic E-state index is 10.8. The number of allylic oxidation sites excluding steroid dienone is 1. The minimum atomic E-state index is -0.267. The summed E-state index contributed by atoms with van der Waals surface area (Å²) >= 11 is 0. The highest BCUT2D eigenvalue weighted by molar-refractivity contribution is 5.83. The number of hydrogen-bond acceptors (Lipinski definition) is 4. The van der Waals surface area contributed by atoms with Crippen LogP contribution in [-0.2, 0) is 0 Å². The van der Waals surface area contributed by atoms with E-state index in [2.05, 4.69) is 39.1 Å². The van der Waals surface area contributed by atoms with Gasteiger partial charge in [-0.3, -0.25) is 4.90 Å². The van der Waals surface area contributed by atoms with E-state index in [1.165, 1.54) is 11.1 Å². The van der Waals surface area contributed by atoms with Gasteiger partial charge in [-0.25, -0.2) is 4.98 Å². The number of para-hydroxylation sites is 2. The van der Waals surface area contributed by atoms with Gasteiger partial charge in [-0.2, -0.15) is 5.26 Å². The molecule has 2 N–H and O–H groups in total. The molecule has 1 aromatic heterocycles. The van der Waals surface area contributed by atoms with Gasteiger partial charge in [-0.1, -0.05) is 48.5 Å². The Morgan fingerprint density at radius 1 is 1.18 bits per heavy atom. The molecule has 0 spiro atoms. The van der Waals surface area contributed by atoms with Crippen molar-refractivity contribution in [2.24, 2.45) is 0 Å². The summed E-state index contributed by atoms with van der Waals surface area (Å²) in [6.45, 7) is 3.48. The maximum Gasteiger partial charge on any atom is 0.152 e. The number of benzene rings is 2. The summed E-state index contributed by atoms with van der Waals surface area (Å²) in [4.78, 5) is 9.76. The summed E-state index contributed by atoms with van der Waals surface area (Å²) in [5, 5.41) is 20.5. The lowest BCUT2D eigenvalue weighted by Crippen LogP contribution is -2.38. The molecule has 28 heavy (non-hydrogen) atoms. The summed E-state index contributed by atoms with van der Waals surface area (Å²) in [6, 6.07) is 19.8. The molecule has 0 aliphatic carbocycles. The first-order chi connectivity index (χ1) is 13.7. The van der Waals surface area contributed by atoms with Crippen molar-refractivity contribution in [1.82, 2.24) is 14.9 Å². The second-order valence-electron chi connectivity index (χ2n) is 6.99. The third kappa shape index (κ3) is 3.42. The molecule has 4 rings (SSSR count). The van der Waals surface area contributed by atoms with E-state index in [0.29, 0.717) is 5.82 Å². The summed E-state index contributed by atoms with van der Waals surface area (Å²) in [5.74, 6) is 0.462. The van der Waals surface area contributed by atoms with E-state index in [0.717, 1.165) is 30.5 Å². The van der Waals surface area contributed by atoms with Crippen molar-refractivity contribution in [3.8, 4) is 6.07 Å². The summed E-state index contributed by atoms with van der Waals surface area (Å²) in [6.07, 6.45) is 3.12. The quantitative estimate of drug-likeness (QED) is 0.522. The predicted octanol–water partition coefficient (Wildman–Crippen LogP) is 4.53. The number of fused-ring (bicyclic) bond motifs is 1. The SMILES string of the molecule is C[C@@H](/C(O)=C(\C#N)c1nc2ccccc2[nH]1)N1CC=C(c2ccccc2)CC1. The standard InChI is InChI=1S/C23H22N4O/c1-16(27-13-11-18(12-14-27)17-7-3-2-4-8-17)22(28)19(15-24)23-25-20-9-5-6-10-21(20)26-23/h2-11,16,28H,12-14H2,1H3,(H,25,26)/b22-19-/t16-/m0/s1. The van der Waals surface area contributed by atoms with Crippen molar-refractivity contribution in [3.05, 3.63) is 77.8 Å². The number of nitrogens with one attached hydrogen (secondary N) is 1. The number of nitrogens with zero attached hydrogens (tertiary/aromatic N) is 3. The maximum absolute atomic E-state index is 10.8. The van der Waals surface area contributed by atoms with Crippen molar-refractivity contribution in [2.45, 2.75) is 19.4 Å². The van der Waals surface area contributed by atoms with Crippen LogP contribution in [-0.4, -0.2) is 39.1 Å². The third-order valence-corrected chi connectivity index (χ3v) is 5.32. The van der Waals surface area contributed by atoms with Crippen molar-refractivity contribution in [1.29, 1.82) is 5.26 Å². The summed E-state index contributed by atoms with van der Waals surface area (Å²) < 4.78 is 0. The van der Waals surface area contributed by atoms with E-state index < -0.39 is 0 Å². The largest absolute Gasteiger partial charge is 0.509 e. The van der Waals surface area contributed by atoms with Gasteiger partial charge >= 0.3 is 0 Å². The molecule has 0 amide bonds. The van der Waals surface area contributed by atoms with Crippen molar-refractivity contribution >= 4 is 22.2 Å². The molecule has 140 valence electrons. The highest BCUT2D eigenvalue weighted by Gasteiger charge is 2.24. The zero-order chi connectivity index (χ0) is 19.5. The molecule has 3 aromatic rings. The Hall–Kier alpha value is -3.36. The first kappa shape index (κ1) is 18.0. The summed E-state index contributed by atoms with van der Waals surface area (Å²) in [7, 11) is 0. The van der Waals surface area contributed by atoms with Crippen molar-refractivity contribution in [3.63, 3.8) is 0 Å². The molecule has 0 saturated carbocycles. The Bertz CT molecular complexity index is 1060. The first-order valence-corrected chi connectivity index (χ1v) is 9.44. The highest BCUT2D eigenvalue weighted by Crippen LogP contribution is 2.26. The molecule has 1 aliphatic heterocycles. The molecule has 0 bridgehead atoms. The predicted molar refractivity (Wildman–Crippen MR) is 111 cm³/mol. The number of aromatic amines is 1. The molecule has 0 fully saturated rings. The van der Waals surface area contributed by atoms with Gasteiger partial charge in [0.1, 0.15) is 17.4 Å². The molecule has 5 heteroatoms. The zero-order valence-electron chi connectivity index (χ0n) is 15.8. The summed E-state index contributed by atoms with van der Waals surface area (Å²) in [5.41, 5.74) is 4.39. The molecular formula is C23H22N4O. The van der Waals surface area contributed by atoms with E-state index in [4.69, 9.17) is 0 Å². The number of hydrogen-bond donors (Lipinski definition) is 2. The van der Waals surface area contributed by atoms with Crippen LogP contribution < -0.4 is 0 Å². The van der Waals surface area contributed by atoms with E-state index in [1.807, 2.05) is 49.4 Å². The molecule has 0 radical (unpaired) electrons. The topological polar surface area (TPSA) is 75.9 Å². The van der Waals surface area contributed by atoms with Crippen LogP contribution >= 0.6 is 0 Å². The van der Waals surface area contributed by atoms with Crippen LogP contribution in [0.15, 0.2) is 66.4 Å². The van der Waals surface area contributed by atoms with Gasteiger partial charge < -0.3 is 10.1 Å². The fourth-order valence-electron chi connectivity index (χ4n) is 3.64. The van der Waals surface area contributed by atoms with Crippen molar-refractivity contribution < 1.29 is 5.11 Å². The molecule has 2 heterocycles. The van der Waals surface area contributed by atoms with Gasteiger partial charge in [-0.15, -0.1) is 0 Å². The van der Waals surface area contributed by atoms with Crippen LogP contribution in [0.2, 0.25) is 0 Å². The molecule has 2 aromatic carbocycles. The van der Waals surface area contributed by atoms with E-state index in [-0.39, 0.29) is 17.4 Å². The monoisotopic (exact) mass is 370 g/mol. The third-order valence-electron chi connectivity index (χ3n) is 5.32. The Labute approximate surface area is 164 Å². The molecule has 5 nitrogen and oxygen atoms in total. The lowest BCUT2D eigenvalue weighted by molar-refractivity contribution is 0.204.